The van der Waals surface area contributed by atoms with Crippen LogP contribution < -0.4 is 14.8 Å². The van der Waals surface area contributed by atoms with Gasteiger partial charge in [0, 0.05) is 18.0 Å². The van der Waals surface area contributed by atoms with Gasteiger partial charge >= 0.3 is 0 Å². The molecular weight excluding hydrogens is 258 g/mol. The van der Waals surface area contributed by atoms with E-state index in [0.717, 1.165) is 5.56 Å². The highest BCUT2D eigenvalue weighted by atomic mass is 16.5. The Morgan fingerprint density at radius 3 is 2.65 bits per heavy atom. The summed E-state index contributed by atoms with van der Waals surface area (Å²) in [6.45, 7) is 2.06. The second-order valence-corrected chi connectivity index (χ2v) is 4.48. The fourth-order valence-corrected chi connectivity index (χ4v) is 1.79. The molecule has 0 aliphatic rings. The normalized spacial score (nSPS) is 12.2. The predicted molar refractivity (Wildman–Crippen MR) is 75.1 cm³/mol. The van der Waals surface area contributed by atoms with Crippen LogP contribution in [0.25, 0.3) is 11.4 Å². The van der Waals surface area contributed by atoms with Crippen molar-refractivity contribution in [3.63, 3.8) is 0 Å². The van der Waals surface area contributed by atoms with Gasteiger partial charge in [-0.2, -0.15) is 4.98 Å². The molecule has 20 heavy (non-hydrogen) atoms. The van der Waals surface area contributed by atoms with Crippen LogP contribution in [0.15, 0.2) is 22.7 Å². The summed E-state index contributed by atoms with van der Waals surface area (Å²) in [7, 11) is 5.09. The monoisotopic (exact) mass is 277 g/mol. The third-order valence-corrected chi connectivity index (χ3v) is 3.08. The van der Waals surface area contributed by atoms with Gasteiger partial charge in [0.1, 0.15) is 0 Å². The van der Waals surface area contributed by atoms with Crippen LogP contribution in [0.5, 0.6) is 11.5 Å². The smallest absolute Gasteiger partial charge is 0.228 e. The van der Waals surface area contributed by atoms with Crippen LogP contribution in [0.3, 0.4) is 0 Å². The van der Waals surface area contributed by atoms with Crippen LogP contribution in [0.2, 0.25) is 0 Å². The van der Waals surface area contributed by atoms with Crippen molar-refractivity contribution in [1.82, 2.24) is 15.5 Å². The summed E-state index contributed by atoms with van der Waals surface area (Å²) in [6, 6.07) is 5.81. The molecule has 0 radical (unpaired) electrons. The van der Waals surface area contributed by atoms with Gasteiger partial charge in [-0.1, -0.05) is 5.16 Å². The Hall–Kier alpha value is -2.08. The Balaban J connectivity index is 2.23. The molecule has 1 aromatic carbocycles. The van der Waals surface area contributed by atoms with Crippen molar-refractivity contribution < 1.29 is 14.0 Å². The van der Waals surface area contributed by atoms with Gasteiger partial charge in [0.25, 0.3) is 0 Å². The third-order valence-electron chi connectivity index (χ3n) is 3.08. The molecule has 0 aliphatic heterocycles. The Kier molecular flexibility index (Phi) is 4.57. The van der Waals surface area contributed by atoms with E-state index in [4.69, 9.17) is 14.0 Å². The first-order valence-corrected chi connectivity index (χ1v) is 6.40. The lowest BCUT2D eigenvalue weighted by Gasteiger charge is -2.07. The van der Waals surface area contributed by atoms with E-state index < -0.39 is 0 Å². The van der Waals surface area contributed by atoms with Crippen LogP contribution in [-0.2, 0) is 6.42 Å². The van der Waals surface area contributed by atoms with Crippen LogP contribution in [0.4, 0.5) is 0 Å². The molecule has 1 heterocycles. The highest BCUT2D eigenvalue weighted by Crippen LogP contribution is 2.31. The summed E-state index contributed by atoms with van der Waals surface area (Å²) < 4.78 is 15.7. The maximum absolute atomic E-state index is 5.27. The van der Waals surface area contributed by atoms with E-state index in [2.05, 4.69) is 22.4 Å². The molecule has 2 rings (SSSR count). The number of methoxy groups -OCH3 is 2. The second-order valence-electron chi connectivity index (χ2n) is 4.48. The first-order valence-electron chi connectivity index (χ1n) is 6.40. The SMILES string of the molecule is CNC(C)Cc1nc(-c2ccc(OC)c(OC)c2)no1. The highest BCUT2D eigenvalue weighted by molar-refractivity contribution is 5.60. The number of rotatable bonds is 6. The third kappa shape index (κ3) is 3.08. The predicted octanol–water partition coefficient (Wildman–Crippen LogP) is 1.90. The fraction of sp³-hybridized carbons (Fsp3) is 0.429. The number of likely N-dealkylation sites (N-methyl/N-ethyl adjacent to an activating group) is 1. The Bertz CT molecular complexity index is 569. The molecule has 6 nitrogen and oxygen atoms in total. The Morgan fingerprint density at radius 1 is 1.25 bits per heavy atom. The largest absolute Gasteiger partial charge is 0.493 e. The van der Waals surface area contributed by atoms with Gasteiger partial charge in [0.2, 0.25) is 11.7 Å². The molecule has 0 bridgehead atoms. The molecule has 0 spiro atoms. The molecule has 0 amide bonds. The maximum Gasteiger partial charge on any atom is 0.228 e. The van der Waals surface area contributed by atoms with Crippen molar-refractivity contribution in [1.29, 1.82) is 0 Å². The second kappa shape index (κ2) is 6.38. The lowest BCUT2D eigenvalue weighted by Crippen LogP contribution is -2.23. The molecule has 0 saturated carbocycles. The Morgan fingerprint density at radius 2 is 2.00 bits per heavy atom. The van der Waals surface area contributed by atoms with E-state index in [9.17, 15) is 0 Å². The van der Waals surface area contributed by atoms with Gasteiger partial charge in [0.15, 0.2) is 11.5 Å². The number of ether oxygens (including phenoxy) is 2. The molecular formula is C14H19N3O3. The summed E-state index contributed by atoms with van der Waals surface area (Å²) in [5, 5.41) is 7.13. The zero-order valence-electron chi connectivity index (χ0n) is 12.1. The highest BCUT2D eigenvalue weighted by Gasteiger charge is 2.13. The van der Waals surface area contributed by atoms with E-state index in [0.29, 0.717) is 29.6 Å². The van der Waals surface area contributed by atoms with Crippen LogP contribution >= 0.6 is 0 Å². The fourth-order valence-electron chi connectivity index (χ4n) is 1.79. The molecule has 0 aliphatic carbocycles. The van der Waals surface area contributed by atoms with Crippen molar-refractivity contribution in [2.45, 2.75) is 19.4 Å². The van der Waals surface area contributed by atoms with Crippen molar-refractivity contribution in [3.05, 3.63) is 24.1 Å². The van der Waals surface area contributed by atoms with Gasteiger partial charge in [-0.3, -0.25) is 0 Å². The summed E-state index contributed by atoms with van der Waals surface area (Å²) in [6.07, 6.45) is 0.691. The first kappa shape index (κ1) is 14.3. The first-order chi connectivity index (χ1) is 9.67. The summed E-state index contributed by atoms with van der Waals surface area (Å²) in [5.74, 6) is 2.46. The average molecular weight is 277 g/mol. The zero-order valence-corrected chi connectivity index (χ0v) is 12.1. The minimum Gasteiger partial charge on any atom is -0.493 e. The minimum absolute atomic E-state index is 0.286. The van der Waals surface area contributed by atoms with E-state index >= 15 is 0 Å². The molecule has 1 aromatic heterocycles. The van der Waals surface area contributed by atoms with Gasteiger partial charge in [0.05, 0.1) is 14.2 Å². The molecule has 1 N–H and O–H groups in total. The van der Waals surface area contributed by atoms with Crippen LogP contribution in [-0.4, -0.2) is 37.4 Å². The zero-order chi connectivity index (χ0) is 14.5. The standard InChI is InChI=1S/C14H19N3O3/c1-9(15-2)7-13-16-14(17-20-13)10-5-6-11(18-3)12(8-10)19-4/h5-6,8-9,15H,7H2,1-4H3. The summed E-state index contributed by atoms with van der Waals surface area (Å²) >= 11 is 0. The van der Waals surface area contributed by atoms with Crippen LogP contribution in [0.1, 0.15) is 12.8 Å². The van der Waals surface area contributed by atoms with E-state index in [-0.39, 0.29) is 6.04 Å². The molecule has 6 heteroatoms. The minimum atomic E-state index is 0.286. The molecule has 1 atom stereocenters. The molecule has 0 saturated heterocycles. The number of hydrogen-bond acceptors (Lipinski definition) is 6. The van der Waals surface area contributed by atoms with Gasteiger partial charge in [-0.05, 0) is 32.2 Å². The number of aromatic nitrogens is 2. The van der Waals surface area contributed by atoms with Crippen LogP contribution in [0, 0.1) is 0 Å². The van der Waals surface area contributed by atoms with Crippen molar-refractivity contribution in [2.75, 3.05) is 21.3 Å². The number of benzene rings is 1. The van der Waals surface area contributed by atoms with E-state index in [1.54, 1.807) is 14.2 Å². The average Bonchev–Trinajstić information content (AvgIpc) is 2.94. The Labute approximate surface area is 118 Å². The number of hydrogen-bond donors (Lipinski definition) is 1. The number of nitrogens with one attached hydrogen (secondary N) is 1. The van der Waals surface area contributed by atoms with Gasteiger partial charge in [-0.25, -0.2) is 0 Å². The lowest BCUT2D eigenvalue weighted by atomic mass is 10.2. The lowest BCUT2D eigenvalue weighted by molar-refractivity contribution is 0.355. The molecule has 1 unspecified atom stereocenters. The van der Waals surface area contributed by atoms with Gasteiger partial charge < -0.3 is 19.3 Å². The van der Waals surface area contributed by atoms with Crippen molar-refractivity contribution >= 4 is 0 Å². The quantitative estimate of drug-likeness (QED) is 0.869. The number of nitrogens with zero attached hydrogens (tertiary/aromatic N) is 2. The van der Waals surface area contributed by atoms with Gasteiger partial charge in [-0.15, -0.1) is 0 Å². The van der Waals surface area contributed by atoms with E-state index in [1.165, 1.54) is 0 Å². The molecule has 2 aromatic rings. The van der Waals surface area contributed by atoms with Crippen molar-refractivity contribution in [2.24, 2.45) is 0 Å². The molecule has 108 valence electrons. The summed E-state index contributed by atoms with van der Waals surface area (Å²) in [4.78, 5) is 4.39. The summed E-state index contributed by atoms with van der Waals surface area (Å²) in [5.41, 5.74) is 0.828. The molecule has 0 fully saturated rings. The topological polar surface area (TPSA) is 69.4 Å². The maximum atomic E-state index is 5.27. The van der Waals surface area contributed by atoms with Crippen molar-refractivity contribution in [3.8, 4) is 22.9 Å². The van der Waals surface area contributed by atoms with E-state index in [1.807, 2.05) is 25.2 Å².